The van der Waals surface area contributed by atoms with E-state index in [1.165, 1.54) is 19.3 Å². The second kappa shape index (κ2) is 14.6. The van der Waals surface area contributed by atoms with Gasteiger partial charge in [0.1, 0.15) is 22.7 Å². The number of hydrogen-bond donors (Lipinski definition) is 4. The number of hydrogen-bond acceptors (Lipinski definition) is 8. The molecule has 2 aliphatic heterocycles. The van der Waals surface area contributed by atoms with Gasteiger partial charge in [-0.05, 0) is 57.7 Å². The predicted molar refractivity (Wildman–Crippen MR) is 152 cm³/mol. The van der Waals surface area contributed by atoms with Crippen LogP contribution in [0.2, 0.25) is 0 Å². The maximum atomic E-state index is 15.7. The van der Waals surface area contributed by atoms with Gasteiger partial charge >= 0.3 is 11.9 Å². The summed E-state index contributed by atoms with van der Waals surface area (Å²) in [5, 5.41) is 6.02. The normalized spacial score (nSPS) is 17.4. The second-order valence-corrected chi connectivity index (χ2v) is 9.61. The Kier molecular flexibility index (Phi) is 11.5. The average Bonchev–Trinajstić information content (AvgIpc) is 2.99. The van der Waals surface area contributed by atoms with Crippen molar-refractivity contribution in [1.29, 1.82) is 0 Å². The number of pyridine rings is 1. The molecule has 4 heterocycles. The molecule has 42 heavy (non-hydrogen) atoms. The van der Waals surface area contributed by atoms with E-state index in [2.05, 4.69) is 25.6 Å². The van der Waals surface area contributed by atoms with Gasteiger partial charge in [-0.1, -0.05) is 13.8 Å². The molecule has 0 saturated carbocycles. The summed E-state index contributed by atoms with van der Waals surface area (Å²) in [6.07, 6.45) is -1.08. The smallest absolute Gasteiger partial charge is 0.417 e. The van der Waals surface area contributed by atoms with E-state index in [4.69, 9.17) is 15.2 Å². The van der Waals surface area contributed by atoms with E-state index >= 15 is 4.39 Å². The van der Waals surface area contributed by atoms with Gasteiger partial charge in [-0.15, -0.1) is 0 Å². The minimum absolute atomic E-state index is 0.0324. The minimum atomic E-state index is -5.05. The molecule has 1 atom stereocenters. The molecule has 1 saturated heterocycles. The molecule has 1 aromatic carbocycles. The lowest BCUT2D eigenvalue weighted by atomic mass is 9.96. The summed E-state index contributed by atoms with van der Waals surface area (Å²) < 4.78 is 82.7. The van der Waals surface area contributed by atoms with Gasteiger partial charge in [0.2, 0.25) is 5.88 Å². The summed E-state index contributed by atoms with van der Waals surface area (Å²) >= 11 is 0. The summed E-state index contributed by atoms with van der Waals surface area (Å²) in [4.78, 5) is 22.3. The summed E-state index contributed by atoms with van der Waals surface area (Å²) in [6, 6.07) is 0.673. The average molecular weight is 601 g/mol. The number of aromatic amines is 1. The molecule has 2 aromatic heterocycles. The number of nitrogen functional groups attached to an aromatic ring is 1. The number of ether oxygens (including phenoxy) is 2. The van der Waals surface area contributed by atoms with Gasteiger partial charge in [-0.25, -0.2) is 18.6 Å². The molecule has 9 nitrogen and oxygen atoms in total. The number of H-pyrrole nitrogens is 1. The molecule has 0 bridgehead atoms. The molecule has 0 spiro atoms. The largest absolute Gasteiger partial charge is 0.474 e. The summed E-state index contributed by atoms with van der Waals surface area (Å²) in [5.74, 6) is -2.80. The van der Waals surface area contributed by atoms with Gasteiger partial charge in [0.15, 0.2) is 5.82 Å². The van der Waals surface area contributed by atoms with Crippen molar-refractivity contribution in [2.75, 3.05) is 43.9 Å². The lowest BCUT2D eigenvalue weighted by Crippen LogP contribution is -2.26. The zero-order chi connectivity index (χ0) is 31.0. The maximum absolute atomic E-state index is 15.7. The fourth-order valence-electron chi connectivity index (χ4n) is 4.57. The van der Waals surface area contributed by atoms with Crippen LogP contribution in [-0.4, -0.2) is 53.9 Å². The van der Waals surface area contributed by atoms with Crippen molar-refractivity contribution < 1.29 is 31.4 Å². The number of alkyl halides is 3. The van der Waals surface area contributed by atoms with Crippen LogP contribution in [-0.2, 0) is 10.9 Å². The summed E-state index contributed by atoms with van der Waals surface area (Å²) in [6.45, 7) is 10.0. The molecule has 0 radical (unpaired) electrons. The lowest BCUT2D eigenvalue weighted by molar-refractivity contribution is -0.137. The standard InChI is InChI=1S/C21H21F5N6O2.C5H10O.C2H6/c1-8-3-4-28-5-6-29-18-12-17(31-20(33)32-18)15(23)16(30-19(12)34-8)10-7-11(27)14(22)9(2)13(10)21(24,25)26;1-2-4-6-5-3-1;1-2/h7-8,28H,3-6,27H2,1-2H3,(H2,29,31,32,33);1-5H2;1-2H3. The van der Waals surface area contributed by atoms with E-state index in [-0.39, 0.29) is 17.1 Å². The monoisotopic (exact) mass is 600 g/mol. The van der Waals surface area contributed by atoms with E-state index in [0.29, 0.717) is 32.1 Å². The molecule has 1 unspecified atom stereocenters. The van der Waals surface area contributed by atoms with Crippen molar-refractivity contribution in [1.82, 2.24) is 20.3 Å². The first kappa shape index (κ1) is 33.0. The van der Waals surface area contributed by atoms with Crippen LogP contribution in [0.3, 0.4) is 0 Å². The number of anilines is 2. The fraction of sp³-hybridized carbons (Fsp3) is 0.536. The molecule has 232 valence electrons. The Hall–Kier alpha value is -3.52. The van der Waals surface area contributed by atoms with Crippen LogP contribution in [0.4, 0.5) is 33.5 Å². The van der Waals surface area contributed by atoms with Crippen molar-refractivity contribution in [3.05, 3.63) is 39.3 Å². The molecule has 2 aliphatic rings. The second-order valence-electron chi connectivity index (χ2n) is 9.61. The Morgan fingerprint density at radius 2 is 1.71 bits per heavy atom. The zero-order valence-corrected chi connectivity index (χ0v) is 24.1. The van der Waals surface area contributed by atoms with Crippen molar-refractivity contribution in [3.8, 4) is 17.1 Å². The first-order valence-corrected chi connectivity index (χ1v) is 14.0. The molecular weight excluding hydrogens is 563 g/mol. The third-order valence-electron chi connectivity index (χ3n) is 6.56. The zero-order valence-electron chi connectivity index (χ0n) is 24.1. The highest BCUT2D eigenvalue weighted by Crippen LogP contribution is 2.44. The fourth-order valence-corrected chi connectivity index (χ4v) is 4.57. The van der Waals surface area contributed by atoms with Crippen molar-refractivity contribution in [2.24, 2.45) is 0 Å². The van der Waals surface area contributed by atoms with Crippen LogP contribution < -0.4 is 26.8 Å². The number of halogens is 5. The first-order valence-electron chi connectivity index (χ1n) is 14.0. The van der Waals surface area contributed by atoms with Gasteiger partial charge in [0, 0.05) is 31.9 Å². The first-order chi connectivity index (χ1) is 20.0. The number of rotatable bonds is 1. The maximum Gasteiger partial charge on any atom is 0.417 e. The third kappa shape index (κ3) is 7.65. The number of benzene rings is 1. The van der Waals surface area contributed by atoms with Crippen molar-refractivity contribution in [3.63, 3.8) is 0 Å². The van der Waals surface area contributed by atoms with Gasteiger partial charge in [-0.2, -0.15) is 18.2 Å². The highest BCUT2D eigenvalue weighted by molar-refractivity contribution is 5.96. The molecule has 0 aliphatic carbocycles. The molecule has 14 heteroatoms. The Morgan fingerprint density at radius 3 is 2.31 bits per heavy atom. The van der Waals surface area contributed by atoms with Gasteiger partial charge in [-0.3, -0.25) is 0 Å². The number of aromatic nitrogens is 3. The summed E-state index contributed by atoms with van der Waals surface area (Å²) in [7, 11) is 0. The van der Waals surface area contributed by atoms with Crippen LogP contribution in [0.1, 0.15) is 57.6 Å². The Labute approximate surface area is 240 Å². The van der Waals surface area contributed by atoms with Gasteiger partial charge in [0.05, 0.1) is 22.9 Å². The van der Waals surface area contributed by atoms with Crippen LogP contribution in [0.15, 0.2) is 10.9 Å². The Morgan fingerprint density at radius 1 is 1.02 bits per heavy atom. The lowest BCUT2D eigenvalue weighted by Gasteiger charge is -2.20. The van der Waals surface area contributed by atoms with E-state index in [1.807, 2.05) is 13.8 Å². The van der Waals surface area contributed by atoms with E-state index in [0.717, 1.165) is 20.1 Å². The number of nitrogens with two attached hydrogens (primary N) is 1. The van der Waals surface area contributed by atoms with E-state index < -0.39 is 63.2 Å². The molecule has 3 aromatic rings. The van der Waals surface area contributed by atoms with E-state index in [1.54, 1.807) is 6.92 Å². The summed E-state index contributed by atoms with van der Waals surface area (Å²) in [5.41, 5.74) is -0.219. The quantitative estimate of drug-likeness (QED) is 0.211. The van der Waals surface area contributed by atoms with Gasteiger partial charge < -0.3 is 30.8 Å². The SMILES string of the molecule is C1CCOCC1.CC.Cc1c(F)c(N)cc(-c2nc3c4c(nc(=O)[nH]c4c2F)NCCNCCC(C)O3)c1C(F)(F)F. The van der Waals surface area contributed by atoms with E-state index in [9.17, 15) is 22.4 Å². The Bertz CT molecular complexity index is 1410. The Balaban J connectivity index is 0.000000530. The highest BCUT2D eigenvalue weighted by atomic mass is 19.4. The minimum Gasteiger partial charge on any atom is -0.474 e. The van der Waals surface area contributed by atoms with Crippen LogP contribution in [0.5, 0.6) is 5.88 Å². The molecular formula is C28H37F5N6O3. The van der Waals surface area contributed by atoms with Crippen LogP contribution in [0, 0.1) is 18.6 Å². The highest BCUT2D eigenvalue weighted by Gasteiger charge is 2.39. The van der Waals surface area contributed by atoms with Crippen molar-refractivity contribution >= 4 is 22.4 Å². The topological polar surface area (TPSA) is 127 Å². The molecule has 5 N–H and O–H groups in total. The van der Waals surface area contributed by atoms with Crippen molar-refractivity contribution in [2.45, 2.75) is 65.7 Å². The third-order valence-corrected chi connectivity index (χ3v) is 6.56. The van der Waals surface area contributed by atoms with Gasteiger partial charge in [0.25, 0.3) is 0 Å². The molecule has 1 fully saturated rings. The number of nitrogens with one attached hydrogen (secondary N) is 3. The number of nitrogens with zero attached hydrogens (tertiary/aromatic N) is 2. The molecule has 5 rings (SSSR count). The molecule has 0 amide bonds. The van der Waals surface area contributed by atoms with Crippen LogP contribution >= 0.6 is 0 Å². The predicted octanol–water partition coefficient (Wildman–Crippen LogP) is 5.56. The van der Waals surface area contributed by atoms with Crippen LogP contribution in [0.25, 0.3) is 22.2 Å².